The highest BCUT2D eigenvalue weighted by atomic mass is 32.1. The number of hydrogen-bond donors (Lipinski definition) is 0. The highest BCUT2D eigenvalue weighted by molar-refractivity contribution is 7.07. The van der Waals surface area contributed by atoms with Crippen molar-refractivity contribution >= 4 is 40.7 Å². The van der Waals surface area contributed by atoms with E-state index in [1.165, 1.54) is 41.2 Å². The molecule has 2 saturated heterocycles. The van der Waals surface area contributed by atoms with Gasteiger partial charge < -0.3 is 19.6 Å². The molecule has 0 bridgehead atoms. The quantitative estimate of drug-likeness (QED) is 0.128. The number of piperazine rings is 2. The molecule has 2 aliphatic heterocycles. The summed E-state index contributed by atoms with van der Waals surface area (Å²) >= 11 is 1.43. The number of aromatic nitrogens is 2. The van der Waals surface area contributed by atoms with E-state index in [4.69, 9.17) is 0 Å². The third kappa shape index (κ3) is 10.0. The number of nitrogens with zero attached hydrogens (tertiary/aromatic N) is 7. The first kappa shape index (κ1) is 38.7. The molecular formula is C43H44F3N7O2S. The standard InChI is InChI=1S/C43H44F3N7O2S/c44-43(45,46)36-14-9-33(10-15-36)13-18-41(54)53(30-35-11-16-38(17-12-35)50-24-26-51(27-25-50)40-8-4-5-19-47-40)39(28-37-31-56-32-48-37)42(55)52-22-20-49(21-23-52)29-34-6-2-1-3-7-34/h1-19,31-32,39H,20-30H2/b18-13+/t39-/m0/s1. The molecule has 2 fully saturated rings. The number of benzene rings is 3. The zero-order valence-electron chi connectivity index (χ0n) is 31.0. The van der Waals surface area contributed by atoms with Gasteiger partial charge in [0.25, 0.3) is 0 Å². The van der Waals surface area contributed by atoms with Crippen molar-refractivity contribution < 1.29 is 22.8 Å². The average Bonchev–Trinajstić information content (AvgIpc) is 3.76. The monoisotopic (exact) mass is 779 g/mol. The topological polar surface area (TPSA) is 76.1 Å². The van der Waals surface area contributed by atoms with E-state index in [-0.39, 0.29) is 18.9 Å². The van der Waals surface area contributed by atoms with Gasteiger partial charge in [-0.2, -0.15) is 13.2 Å². The zero-order valence-corrected chi connectivity index (χ0v) is 31.8. The molecular weight excluding hydrogens is 736 g/mol. The predicted octanol–water partition coefficient (Wildman–Crippen LogP) is 6.88. The lowest BCUT2D eigenvalue weighted by Crippen LogP contribution is -2.56. The summed E-state index contributed by atoms with van der Waals surface area (Å²) in [6.45, 7) is 6.72. The number of anilines is 2. The number of pyridine rings is 1. The van der Waals surface area contributed by atoms with E-state index in [9.17, 15) is 22.8 Å². The maximum atomic E-state index is 14.6. The largest absolute Gasteiger partial charge is 0.416 e. The van der Waals surface area contributed by atoms with Gasteiger partial charge in [-0.1, -0.05) is 60.7 Å². The molecule has 0 aliphatic carbocycles. The van der Waals surface area contributed by atoms with Gasteiger partial charge in [0.2, 0.25) is 11.8 Å². The minimum atomic E-state index is -4.46. The van der Waals surface area contributed by atoms with Gasteiger partial charge in [-0.15, -0.1) is 11.3 Å². The first-order valence-electron chi connectivity index (χ1n) is 18.8. The number of amides is 2. The fourth-order valence-corrected chi connectivity index (χ4v) is 7.75. The molecule has 290 valence electrons. The lowest BCUT2D eigenvalue weighted by atomic mass is 10.0. The number of halogens is 3. The Hall–Kier alpha value is -5.53. The molecule has 56 heavy (non-hydrogen) atoms. The Labute approximate surface area is 329 Å². The molecule has 7 rings (SSSR count). The number of hydrogen-bond acceptors (Lipinski definition) is 8. The van der Waals surface area contributed by atoms with Crippen LogP contribution in [0, 0.1) is 0 Å². The fraction of sp³-hybridized carbons (Fsp3) is 0.302. The average molecular weight is 780 g/mol. The Bertz CT molecular complexity index is 2030. The van der Waals surface area contributed by atoms with E-state index in [0.29, 0.717) is 37.4 Å². The molecule has 5 aromatic rings. The molecule has 0 radical (unpaired) electrons. The molecule has 4 heterocycles. The first-order chi connectivity index (χ1) is 27.2. The van der Waals surface area contributed by atoms with Crippen LogP contribution in [0.5, 0.6) is 0 Å². The molecule has 0 saturated carbocycles. The van der Waals surface area contributed by atoms with Gasteiger partial charge >= 0.3 is 6.18 Å². The third-order valence-corrected chi connectivity index (χ3v) is 11.0. The normalized spacial score (nSPS) is 15.9. The van der Waals surface area contributed by atoms with Gasteiger partial charge in [0.05, 0.1) is 16.8 Å². The van der Waals surface area contributed by atoms with Crippen molar-refractivity contribution in [1.82, 2.24) is 24.7 Å². The van der Waals surface area contributed by atoms with Crippen LogP contribution in [0.2, 0.25) is 0 Å². The van der Waals surface area contributed by atoms with Crippen molar-refractivity contribution in [2.75, 3.05) is 62.2 Å². The lowest BCUT2D eigenvalue weighted by molar-refractivity contribution is -0.145. The smallest absolute Gasteiger partial charge is 0.368 e. The maximum Gasteiger partial charge on any atom is 0.416 e. The third-order valence-electron chi connectivity index (χ3n) is 10.3. The second-order valence-corrected chi connectivity index (χ2v) is 14.8. The van der Waals surface area contributed by atoms with Gasteiger partial charge in [-0.05, 0) is 59.2 Å². The van der Waals surface area contributed by atoms with Crippen LogP contribution in [0.15, 0.2) is 120 Å². The summed E-state index contributed by atoms with van der Waals surface area (Å²) in [5.74, 6) is 0.391. The summed E-state index contributed by atoms with van der Waals surface area (Å²) in [5, 5.41) is 1.89. The molecule has 2 aromatic heterocycles. The maximum absolute atomic E-state index is 14.6. The van der Waals surface area contributed by atoms with Crippen molar-refractivity contribution in [2.45, 2.75) is 31.7 Å². The Morgan fingerprint density at radius 3 is 2.11 bits per heavy atom. The van der Waals surface area contributed by atoms with Gasteiger partial charge in [-0.25, -0.2) is 9.97 Å². The minimum Gasteiger partial charge on any atom is -0.368 e. The molecule has 0 spiro atoms. The summed E-state index contributed by atoms with van der Waals surface area (Å²) in [6.07, 6.45) is 0.411. The molecule has 13 heteroatoms. The summed E-state index contributed by atoms with van der Waals surface area (Å²) < 4.78 is 39.7. The highest BCUT2D eigenvalue weighted by Gasteiger charge is 2.35. The number of thiazole rings is 1. The van der Waals surface area contributed by atoms with E-state index >= 15 is 0 Å². The lowest BCUT2D eigenvalue weighted by Gasteiger charge is -2.39. The van der Waals surface area contributed by atoms with Crippen LogP contribution in [-0.2, 0) is 35.3 Å². The summed E-state index contributed by atoms with van der Waals surface area (Å²) in [4.78, 5) is 48.1. The molecule has 0 unspecified atom stereocenters. The van der Waals surface area contributed by atoms with E-state index in [1.54, 1.807) is 16.6 Å². The number of alkyl halides is 3. The van der Waals surface area contributed by atoms with E-state index in [0.717, 1.165) is 61.9 Å². The molecule has 9 nitrogen and oxygen atoms in total. The van der Waals surface area contributed by atoms with Crippen LogP contribution < -0.4 is 9.80 Å². The summed E-state index contributed by atoms with van der Waals surface area (Å²) in [7, 11) is 0. The SMILES string of the molecule is O=C([C@H](Cc1cscn1)N(Cc1ccc(N2CCN(c3ccccn3)CC2)cc1)C(=O)/C=C/c1ccc(C(F)(F)F)cc1)N1CCN(Cc2ccccc2)CC1. The zero-order chi connectivity index (χ0) is 38.9. The summed E-state index contributed by atoms with van der Waals surface area (Å²) in [6, 6.07) is 28.0. The van der Waals surface area contributed by atoms with Crippen molar-refractivity contribution in [3.05, 3.63) is 148 Å². The minimum absolute atomic E-state index is 0.151. The highest BCUT2D eigenvalue weighted by Crippen LogP contribution is 2.29. The second kappa shape index (κ2) is 17.9. The molecule has 1 atom stereocenters. The molecule has 3 aromatic carbocycles. The first-order valence-corrected chi connectivity index (χ1v) is 19.7. The van der Waals surface area contributed by atoms with E-state index < -0.39 is 23.7 Å². The Morgan fingerprint density at radius 2 is 1.46 bits per heavy atom. The number of carbonyl (C=O) groups is 2. The van der Waals surface area contributed by atoms with Crippen LogP contribution in [0.3, 0.4) is 0 Å². The molecule has 2 amide bonds. The summed E-state index contributed by atoms with van der Waals surface area (Å²) in [5.41, 5.74) is 5.22. The van der Waals surface area contributed by atoms with Gasteiger partial charge in [0.1, 0.15) is 11.9 Å². The Morgan fingerprint density at radius 1 is 0.768 bits per heavy atom. The van der Waals surface area contributed by atoms with Crippen molar-refractivity contribution in [3.63, 3.8) is 0 Å². The van der Waals surface area contributed by atoms with Gasteiger partial charge in [-0.3, -0.25) is 14.5 Å². The number of rotatable bonds is 12. The Balaban J connectivity index is 1.10. The van der Waals surface area contributed by atoms with Crippen LogP contribution in [0.4, 0.5) is 24.7 Å². The van der Waals surface area contributed by atoms with E-state index in [1.807, 2.05) is 58.8 Å². The number of carbonyl (C=O) groups excluding carboxylic acids is 2. The van der Waals surface area contributed by atoms with Crippen LogP contribution >= 0.6 is 11.3 Å². The second-order valence-electron chi connectivity index (χ2n) is 14.0. The van der Waals surface area contributed by atoms with Crippen molar-refractivity contribution in [1.29, 1.82) is 0 Å². The van der Waals surface area contributed by atoms with Crippen molar-refractivity contribution in [3.8, 4) is 0 Å². The predicted molar refractivity (Wildman–Crippen MR) is 214 cm³/mol. The van der Waals surface area contributed by atoms with Crippen LogP contribution in [-0.4, -0.2) is 94.9 Å². The van der Waals surface area contributed by atoms with Gasteiger partial charge in [0, 0.05) is 95.2 Å². The van der Waals surface area contributed by atoms with Gasteiger partial charge in [0.15, 0.2) is 0 Å². The molecule has 2 aliphatic rings. The van der Waals surface area contributed by atoms with E-state index in [2.05, 4.69) is 48.9 Å². The fourth-order valence-electron chi connectivity index (χ4n) is 7.18. The molecule has 0 N–H and O–H groups in total. The van der Waals surface area contributed by atoms with Crippen molar-refractivity contribution in [2.24, 2.45) is 0 Å². The Kier molecular flexibility index (Phi) is 12.4. The van der Waals surface area contributed by atoms with Crippen LogP contribution in [0.25, 0.3) is 6.08 Å². The van der Waals surface area contributed by atoms with Crippen LogP contribution in [0.1, 0.15) is 27.9 Å².